The van der Waals surface area contributed by atoms with Crippen molar-refractivity contribution < 1.29 is 8.78 Å². The molecule has 2 rings (SSSR count). The Kier molecular flexibility index (Phi) is 4.32. The summed E-state index contributed by atoms with van der Waals surface area (Å²) in [4.78, 5) is 2.12. The number of hydrogen-bond donors (Lipinski definition) is 0. The highest BCUT2D eigenvalue weighted by atomic mass is 19.1. The minimum absolute atomic E-state index is 0.395. The van der Waals surface area contributed by atoms with Gasteiger partial charge < -0.3 is 9.47 Å². The zero-order chi connectivity index (χ0) is 13.8. The first-order chi connectivity index (χ1) is 9.08. The van der Waals surface area contributed by atoms with Crippen molar-refractivity contribution in [2.24, 2.45) is 0 Å². The lowest BCUT2D eigenvalue weighted by Crippen LogP contribution is -2.14. The zero-order valence-corrected chi connectivity index (χ0v) is 11.2. The van der Waals surface area contributed by atoms with Crippen molar-refractivity contribution in [3.8, 4) is 5.69 Å². The van der Waals surface area contributed by atoms with Crippen LogP contribution >= 0.6 is 0 Å². The lowest BCUT2D eigenvalue weighted by molar-refractivity contribution is 0.399. The largest absolute Gasteiger partial charge is 0.318 e. The first-order valence-corrected chi connectivity index (χ1v) is 6.34. The van der Waals surface area contributed by atoms with E-state index in [9.17, 15) is 8.78 Å². The van der Waals surface area contributed by atoms with Gasteiger partial charge in [-0.2, -0.15) is 0 Å². The Morgan fingerprint density at radius 1 is 1.16 bits per heavy atom. The van der Waals surface area contributed by atoms with Crippen LogP contribution < -0.4 is 0 Å². The maximum Gasteiger partial charge on any atom is 0.150 e. The molecule has 0 amide bonds. The van der Waals surface area contributed by atoms with Crippen LogP contribution in [0.2, 0.25) is 0 Å². The molecule has 0 unspecified atom stereocenters. The Bertz CT molecular complexity index is 547. The highest BCUT2D eigenvalue weighted by Gasteiger charge is 2.09. The Hall–Kier alpha value is -1.68. The quantitative estimate of drug-likeness (QED) is 0.804. The first-order valence-electron chi connectivity index (χ1n) is 6.34. The monoisotopic (exact) mass is 264 g/mol. The molecule has 0 aliphatic heterocycles. The van der Waals surface area contributed by atoms with Gasteiger partial charge in [0.1, 0.15) is 11.6 Å². The number of aryl methyl sites for hydroxylation is 1. The van der Waals surface area contributed by atoms with Crippen LogP contribution in [0.15, 0.2) is 36.5 Å². The van der Waals surface area contributed by atoms with E-state index < -0.39 is 11.6 Å². The summed E-state index contributed by atoms with van der Waals surface area (Å²) in [5.41, 5.74) is 1.43. The topological polar surface area (TPSA) is 8.17 Å². The fraction of sp³-hybridized carbons (Fsp3) is 0.333. The Labute approximate surface area is 112 Å². The van der Waals surface area contributed by atoms with Crippen molar-refractivity contribution in [2.75, 3.05) is 20.6 Å². The Morgan fingerprint density at radius 3 is 2.63 bits per heavy atom. The molecule has 19 heavy (non-hydrogen) atoms. The van der Waals surface area contributed by atoms with Crippen LogP contribution in [0.4, 0.5) is 8.78 Å². The van der Waals surface area contributed by atoms with E-state index >= 15 is 0 Å². The molecule has 1 heterocycles. The van der Waals surface area contributed by atoms with Gasteiger partial charge >= 0.3 is 0 Å². The molecule has 0 saturated heterocycles. The summed E-state index contributed by atoms with van der Waals surface area (Å²) in [6.45, 7) is 0.983. The number of aromatic nitrogens is 1. The lowest BCUT2D eigenvalue weighted by atomic mass is 10.2. The molecule has 2 aromatic rings. The average molecular weight is 264 g/mol. The first kappa shape index (κ1) is 13.7. The highest BCUT2D eigenvalue weighted by Crippen LogP contribution is 2.18. The second kappa shape index (κ2) is 5.97. The minimum Gasteiger partial charge on any atom is -0.318 e. The number of rotatable bonds is 5. The number of hydrogen-bond acceptors (Lipinski definition) is 1. The van der Waals surface area contributed by atoms with E-state index in [0.29, 0.717) is 5.69 Å². The van der Waals surface area contributed by atoms with Gasteiger partial charge in [0, 0.05) is 18.0 Å². The predicted octanol–water partition coefficient (Wildman–Crippen LogP) is 3.25. The highest BCUT2D eigenvalue weighted by molar-refractivity contribution is 5.36. The second-order valence-electron chi connectivity index (χ2n) is 4.87. The fourth-order valence-corrected chi connectivity index (χ4v) is 2.11. The number of halogens is 2. The van der Waals surface area contributed by atoms with Gasteiger partial charge in [0.05, 0.1) is 5.69 Å². The van der Waals surface area contributed by atoms with Crippen molar-refractivity contribution in [1.82, 2.24) is 9.47 Å². The molecule has 0 aliphatic rings. The molecule has 1 aromatic heterocycles. The maximum atomic E-state index is 13.8. The van der Waals surface area contributed by atoms with E-state index in [1.54, 1.807) is 10.8 Å². The fourth-order valence-electron chi connectivity index (χ4n) is 2.11. The standard InChI is InChI=1S/C15H18F2N2/c1-18(2)9-3-5-13-6-4-10-19(13)15-8-7-12(16)11-14(15)17/h4,6-8,10-11H,3,5,9H2,1-2H3. The molecule has 0 radical (unpaired) electrons. The van der Waals surface area contributed by atoms with Crippen LogP contribution in [0.5, 0.6) is 0 Å². The molecular formula is C15H18F2N2. The van der Waals surface area contributed by atoms with E-state index in [4.69, 9.17) is 0 Å². The minimum atomic E-state index is -0.553. The van der Waals surface area contributed by atoms with Gasteiger partial charge in [0.25, 0.3) is 0 Å². The number of nitrogens with zero attached hydrogens (tertiary/aromatic N) is 2. The van der Waals surface area contributed by atoms with E-state index in [1.807, 2.05) is 26.2 Å². The van der Waals surface area contributed by atoms with Gasteiger partial charge in [0.15, 0.2) is 0 Å². The van der Waals surface area contributed by atoms with Gasteiger partial charge in [-0.25, -0.2) is 8.78 Å². The molecule has 0 spiro atoms. The maximum absolute atomic E-state index is 13.8. The molecule has 102 valence electrons. The molecule has 0 aliphatic carbocycles. The van der Waals surface area contributed by atoms with Crippen molar-refractivity contribution in [3.63, 3.8) is 0 Å². The molecule has 0 fully saturated rings. The normalized spacial score (nSPS) is 11.2. The van der Waals surface area contributed by atoms with Gasteiger partial charge in [-0.15, -0.1) is 0 Å². The van der Waals surface area contributed by atoms with Gasteiger partial charge in [-0.3, -0.25) is 0 Å². The summed E-state index contributed by atoms with van der Waals surface area (Å²) in [5.74, 6) is -1.09. The second-order valence-corrected chi connectivity index (χ2v) is 4.87. The summed E-state index contributed by atoms with van der Waals surface area (Å²) < 4.78 is 28.5. The zero-order valence-electron chi connectivity index (χ0n) is 11.2. The summed E-state index contributed by atoms with van der Waals surface area (Å²) in [6, 6.07) is 7.52. The summed E-state index contributed by atoms with van der Waals surface area (Å²) in [5, 5.41) is 0. The Morgan fingerprint density at radius 2 is 1.95 bits per heavy atom. The van der Waals surface area contributed by atoms with Gasteiger partial charge in [-0.1, -0.05) is 0 Å². The van der Waals surface area contributed by atoms with Gasteiger partial charge in [0.2, 0.25) is 0 Å². The van der Waals surface area contributed by atoms with Crippen LogP contribution in [0, 0.1) is 11.6 Å². The van der Waals surface area contributed by atoms with E-state index in [-0.39, 0.29) is 0 Å². The summed E-state index contributed by atoms with van der Waals surface area (Å²) in [7, 11) is 4.05. The predicted molar refractivity (Wildman–Crippen MR) is 72.6 cm³/mol. The van der Waals surface area contributed by atoms with Crippen molar-refractivity contribution in [3.05, 3.63) is 53.9 Å². The van der Waals surface area contributed by atoms with Crippen LogP contribution in [0.3, 0.4) is 0 Å². The third-order valence-corrected chi connectivity index (χ3v) is 3.04. The summed E-state index contributed by atoms with van der Waals surface area (Å²) >= 11 is 0. The van der Waals surface area contributed by atoms with Gasteiger partial charge in [-0.05, 0) is 57.7 Å². The van der Waals surface area contributed by atoms with Crippen molar-refractivity contribution >= 4 is 0 Å². The molecule has 0 saturated carbocycles. The van der Waals surface area contributed by atoms with Crippen LogP contribution in [0.25, 0.3) is 5.69 Å². The van der Waals surface area contributed by atoms with E-state index in [2.05, 4.69) is 4.90 Å². The van der Waals surface area contributed by atoms with Crippen LogP contribution in [-0.4, -0.2) is 30.1 Å². The molecular weight excluding hydrogens is 246 g/mol. The SMILES string of the molecule is CN(C)CCCc1cccn1-c1ccc(F)cc1F. The molecule has 4 heteroatoms. The lowest BCUT2D eigenvalue weighted by Gasteiger charge is -2.12. The smallest absolute Gasteiger partial charge is 0.150 e. The van der Waals surface area contributed by atoms with Crippen molar-refractivity contribution in [2.45, 2.75) is 12.8 Å². The molecule has 0 atom stereocenters. The van der Waals surface area contributed by atoms with Crippen molar-refractivity contribution in [1.29, 1.82) is 0 Å². The van der Waals surface area contributed by atoms with Crippen LogP contribution in [0.1, 0.15) is 12.1 Å². The van der Waals surface area contributed by atoms with E-state index in [1.165, 1.54) is 12.1 Å². The average Bonchev–Trinajstić information content (AvgIpc) is 2.77. The molecule has 0 bridgehead atoms. The third-order valence-electron chi connectivity index (χ3n) is 3.04. The van der Waals surface area contributed by atoms with E-state index in [0.717, 1.165) is 31.1 Å². The van der Waals surface area contributed by atoms with Crippen LogP contribution in [-0.2, 0) is 6.42 Å². The molecule has 1 aromatic carbocycles. The summed E-state index contributed by atoms with van der Waals surface area (Å²) in [6.07, 6.45) is 3.67. The molecule has 2 nitrogen and oxygen atoms in total. The number of benzene rings is 1. The molecule has 0 N–H and O–H groups in total. The Balaban J connectivity index is 2.19. The third kappa shape index (κ3) is 3.41.